The molecule has 3 N–H and O–H groups in total. The number of anilines is 1. The van der Waals surface area contributed by atoms with E-state index in [0.717, 1.165) is 0 Å². The van der Waals surface area contributed by atoms with E-state index in [9.17, 15) is 19.2 Å². The number of nitrogens with zero attached hydrogens (tertiary/aromatic N) is 1. The molecule has 1 aliphatic rings. The molecule has 2 rings (SSSR count). The van der Waals surface area contributed by atoms with Crippen LogP contribution in [-0.4, -0.2) is 48.3 Å². The van der Waals surface area contributed by atoms with E-state index >= 15 is 0 Å². The maximum Gasteiger partial charge on any atom is 0.313 e. The van der Waals surface area contributed by atoms with E-state index in [4.69, 9.17) is 10.5 Å². The number of benzene rings is 1. The van der Waals surface area contributed by atoms with Gasteiger partial charge in [-0.15, -0.1) is 0 Å². The van der Waals surface area contributed by atoms with E-state index in [1.54, 1.807) is 19.1 Å². The average Bonchev–Trinajstić information content (AvgIpc) is 2.61. The summed E-state index contributed by atoms with van der Waals surface area (Å²) in [6, 6.07) is 6.17. The van der Waals surface area contributed by atoms with Gasteiger partial charge in [-0.05, 0) is 31.9 Å². The van der Waals surface area contributed by atoms with Crippen molar-refractivity contribution in [3.8, 4) is 0 Å². The van der Waals surface area contributed by atoms with Gasteiger partial charge >= 0.3 is 17.8 Å². The molecule has 8 heteroatoms. The maximum atomic E-state index is 12.4. The number of carbonyl (C=O) groups excluding carboxylic acids is 4. The van der Waals surface area contributed by atoms with Crippen molar-refractivity contribution in [2.45, 2.75) is 19.8 Å². The number of carbonyl (C=O) groups is 4. The molecule has 8 nitrogen and oxygen atoms in total. The van der Waals surface area contributed by atoms with Gasteiger partial charge in [-0.3, -0.25) is 19.2 Å². The zero-order valence-corrected chi connectivity index (χ0v) is 14.0. The third kappa shape index (κ3) is 4.56. The summed E-state index contributed by atoms with van der Waals surface area (Å²) in [5.74, 6) is -3.13. The Morgan fingerprint density at radius 2 is 2.00 bits per heavy atom. The summed E-state index contributed by atoms with van der Waals surface area (Å²) < 4.78 is 4.98. The van der Waals surface area contributed by atoms with Crippen molar-refractivity contribution in [2.75, 3.05) is 25.0 Å². The Bertz CT molecular complexity index is 689. The lowest BCUT2D eigenvalue weighted by molar-refractivity contribution is -0.153. The van der Waals surface area contributed by atoms with Gasteiger partial charge in [0.1, 0.15) is 0 Å². The number of likely N-dealkylation sites (tertiary alicyclic amines) is 1. The molecule has 134 valence electrons. The maximum absolute atomic E-state index is 12.4. The third-order valence-electron chi connectivity index (χ3n) is 3.96. The molecule has 0 spiro atoms. The van der Waals surface area contributed by atoms with Crippen LogP contribution in [0.1, 0.15) is 30.1 Å². The molecule has 1 unspecified atom stereocenters. The highest BCUT2D eigenvalue weighted by Gasteiger charge is 2.32. The lowest BCUT2D eigenvalue weighted by Gasteiger charge is -2.31. The molecule has 1 aromatic rings. The summed E-state index contributed by atoms with van der Waals surface area (Å²) in [6.07, 6.45) is 1.23. The fraction of sp³-hybridized carbons (Fsp3) is 0.412. The fourth-order valence-electron chi connectivity index (χ4n) is 2.74. The summed E-state index contributed by atoms with van der Waals surface area (Å²) in [7, 11) is 0. The summed E-state index contributed by atoms with van der Waals surface area (Å²) >= 11 is 0. The van der Waals surface area contributed by atoms with Gasteiger partial charge in [-0.25, -0.2) is 0 Å². The van der Waals surface area contributed by atoms with Crippen molar-refractivity contribution >= 4 is 29.4 Å². The minimum atomic E-state index is -0.877. The van der Waals surface area contributed by atoms with Crippen LogP contribution in [0, 0.1) is 5.92 Å². The van der Waals surface area contributed by atoms with Crippen LogP contribution in [0.3, 0.4) is 0 Å². The van der Waals surface area contributed by atoms with Gasteiger partial charge in [0.15, 0.2) is 0 Å². The van der Waals surface area contributed by atoms with Crippen molar-refractivity contribution in [2.24, 2.45) is 11.7 Å². The number of para-hydroxylation sites is 1. The first-order chi connectivity index (χ1) is 11.9. The Kier molecular flexibility index (Phi) is 6.10. The predicted molar refractivity (Wildman–Crippen MR) is 89.5 cm³/mol. The quantitative estimate of drug-likeness (QED) is 0.608. The standard InChI is InChI=1S/C17H21N3O5/c1-2-25-17(24)11-6-5-9-20(10-11)16(23)15(22)19-13-8-4-3-7-12(13)14(18)21/h3-4,7-8,11H,2,5-6,9-10H2,1H3,(H2,18,21)(H,19,22). The highest BCUT2D eigenvalue weighted by Crippen LogP contribution is 2.19. The van der Waals surface area contributed by atoms with Crippen molar-refractivity contribution < 1.29 is 23.9 Å². The molecule has 1 fully saturated rings. The topological polar surface area (TPSA) is 119 Å². The van der Waals surface area contributed by atoms with E-state index < -0.39 is 23.6 Å². The second-order valence-corrected chi connectivity index (χ2v) is 5.71. The molecule has 25 heavy (non-hydrogen) atoms. The molecule has 0 radical (unpaired) electrons. The van der Waals surface area contributed by atoms with E-state index in [0.29, 0.717) is 19.4 Å². The van der Waals surface area contributed by atoms with Crippen LogP contribution < -0.4 is 11.1 Å². The SMILES string of the molecule is CCOC(=O)C1CCCN(C(=O)C(=O)Nc2ccccc2C(N)=O)C1. The number of hydrogen-bond donors (Lipinski definition) is 2. The van der Waals surface area contributed by atoms with Crippen molar-refractivity contribution in [1.82, 2.24) is 4.90 Å². The molecule has 0 aliphatic carbocycles. The molecule has 1 saturated heterocycles. The van der Waals surface area contributed by atoms with Crippen LogP contribution in [0.15, 0.2) is 24.3 Å². The number of hydrogen-bond acceptors (Lipinski definition) is 5. The van der Waals surface area contributed by atoms with Gasteiger partial charge in [-0.2, -0.15) is 0 Å². The largest absolute Gasteiger partial charge is 0.466 e. The van der Waals surface area contributed by atoms with Gasteiger partial charge in [-0.1, -0.05) is 12.1 Å². The first-order valence-electron chi connectivity index (χ1n) is 8.09. The highest BCUT2D eigenvalue weighted by molar-refractivity contribution is 6.40. The normalized spacial score (nSPS) is 16.8. The zero-order valence-electron chi connectivity index (χ0n) is 14.0. The smallest absolute Gasteiger partial charge is 0.313 e. The molecule has 1 heterocycles. The van der Waals surface area contributed by atoms with E-state index in [1.807, 2.05) is 0 Å². The molecule has 1 aliphatic heterocycles. The molecule has 3 amide bonds. The number of rotatable bonds is 4. The van der Waals surface area contributed by atoms with Crippen LogP contribution in [0.2, 0.25) is 0 Å². The lowest BCUT2D eigenvalue weighted by atomic mass is 9.98. The Labute approximate surface area is 145 Å². The van der Waals surface area contributed by atoms with E-state index in [1.165, 1.54) is 17.0 Å². The number of esters is 1. The van der Waals surface area contributed by atoms with Crippen molar-refractivity contribution in [1.29, 1.82) is 0 Å². The van der Waals surface area contributed by atoms with Gasteiger partial charge in [0.2, 0.25) is 0 Å². The van der Waals surface area contributed by atoms with Gasteiger partial charge in [0.25, 0.3) is 5.91 Å². The molecule has 1 atom stereocenters. The zero-order chi connectivity index (χ0) is 18.4. The van der Waals surface area contributed by atoms with Gasteiger partial charge in [0.05, 0.1) is 23.8 Å². The van der Waals surface area contributed by atoms with Crippen LogP contribution >= 0.6 is 0 Å². The van der Waals surface area contributed by atoms with Crippen LogP contribution in [0.25, 0.3) is 0 Å². The van der Waals surface area contributed by atoms with Crippen LogP contribution in [-0.2, 0) is 19.1 Å². The Hall–Kier alpha value is -2.90. The number of nitrogens with one attached hydrogen (secondary N) is 1. The number of nitrogens with two attached hydrogens (primary N) is 1. The molecular formula is C17H21N3O5. The summed E-state index contributed by atoms with van der Waals surface area (Å²) in [4.78, 5) is 49.1. The Balaban J connectivity index is 2.04. The minimum Gasteiger partial charge on any atom is -0.466 e. The summed E-state index contributed by atoms with van der Waals surface area (Å²) in [6.45, 7) is 2.52. The first kappa shape index (κ1) is 18.4. The van der Waals surface area contributed by atoms with E-state index in [2.05, 4.69) is 5.32 Å². The van der Waals surface area contributed by atoms with Gasteiger partial charge in [0, 0.05) is 13.1 Å². The molecule has 0 bridgehead atoms. The predicted octanol–water partition coefficient (Wildman–Crippen LogP) is 0.526. The molecular weight excluding hydrogens is 326 g/mol. The van der Waals surface area contributed by atoms with Crippen molar-refractivity contribution in [3.05, 3.63) is 29.8 Å². The second-order valence-electron chi connectivity index (χ2n) is 5.71. The monoisotopic (exact) mass is 347 g/mol. The molecule has 1 aromatic carbocycles. The number of primary amides is 1. The highest BCUT2D eigenvalue weighted by atomic mass is 16.5. The first-order valence-corrected chi connectivity index (χ1v) is 8.09. The average molecular weight is 347 g/mol. The number of ether oxygens (including phenoxy) is 1. The van der Waals surface area contributed by atoms with Crippen molar-refractivity contribution in [3.63, 3.8) is 0 Å². The fourth-order valence-corrected chi connectivity index (χ4v) is 2.74. The third-order valence-corrected chi connectivity index (χ3v) is 3.96. The van der Waals surface area contributed by atoms with Crippen LogP contribution in [0.5, 0.6) is 0 Å². The van der Waals surface area contributed by atoms with Crippen LogP contribution in [0.4, 0.5) is 5.69 Å². The molecule has 0 saturated carbocycles. The number of piperidine rings is 1. The lowest BCUT2D eigenvalue weighted by Crippen LogP contribution is -2.47. The summed E-state index contributed by atoms with van der Waals surface area (Å²) in [5.41, 5.74) is 5.54. The molecule has 0 aromatic heterocycles. The summed E-state index contributed by atoms with van der Waals surface area (Å²) in [5, 5.41) is 2.41. The Morgan fingerprint density at radius 1 is 1.28 bits per heavy atom. The Morgan fingerprint density at radius 3 is 2.68 bits per heavy atom. The van der Waals surface area contributed by atoms with Gasteiger partial charge < -0.3 is 20.7 Å². The second kappa shape index (κ2) is 8.27. The van der Waals surface area contributed by atoms with E-state index in [-0.39, 0.29) is 30.4 Å². The number of amides is 3. The minimum absolute atomic E-state index is 0.117.